The lowest BCUT2D eigenvalue weighted by atomic mass is 10.1. The van der Waals surface area contributed by atoms with Crippen molar-refractivity contribution >= 4 is 43.5 Å². The zero-order valence-electron chi connectivity index (χ0n) is 10.7. The van der Waals surface area contributed by atoms with E-state index in [2.05, 4.69) is 36.8 Å². The van der Waals surface area contributed by atoms with Crippen molar-refractivity contribution in [3.63, 3.8) is 0 Å². The van der Waals surface area contributed by atoms with Gasteiger partial charge in [-0.05, 0) is 50.1 Å². The number of benzene rings is 1. The minimum atomic E-state index is -0.160. The van der Waals surface area contributed by atoms with Crippen LogP contribution in [-0.2, 0) is 0 Å². The summed E-state index contributed by atoms with van der Waals surface area (Å²) in [6.07, 6.45) is 3.22. The van der Waals surface area contributed by atoms with Gasteiger partial charge in [0.1, 0.15) is 12.4 Å². The third-order valence-electron chi connectivity index (χ3n) is 3.13. The Labute approximate surface area is 137 Å². The number of ether oxygens (including phenoxy) is 1. The zero-order chi connectivity index (χ0) is 15.0. The highest BCUT2D eigenvalue weighted by molar-refractivity contribution is 9.11. The molecule has 1 aromatic carbocycles. The van der Waals surface area contributed by atoms with Gasteiger partial charge in [0.25, 0.3) is 5.91 Å². The molecule has 1 N–H and O–H groups in total. The molecule has 2 aromatic rings. The molecular weight excluding hydrogens is 404 g/mol. The van der Waals surface area contributed by atoms with Gasteiger partial charge in [0.15, 0.2) is 5.75 Å². The lowest BCUT2D eigenvalue weighted by Crippen LogP contribution is -2.38. The fourth-order valence-corrected chi connectivity index (χ4v) is 3.32. The molecule has 1 aliphatic rings. The van der Waals surface area contributed by atoms with Crippen LogP contribution < -0.4 is 9.64 Å². The van der Waals surface area contributed by atoms with E-state index in [0.717, 1.165) is 0 Å². The standard InChI is InChI=1S/C14H10Br2N2O3/c15-9-5-8(6-10(16)13(9)19)14(20)18-3-4-21-12-7-17-2-1-11(12)18/h1-2,5-7,19H,3-4H2. The number of anilines is 1. The van der Waals surface area contributed by atoms with Gasteiger partial charge >= 0.3 is 0 Å². The molecule has 3 rings (SSSR count). The number of carbonyl (C=O) groups is 1. The molecule has 0 atom stereocenters. The van der Waals surface area contributed by atoms with Crippen molar-refractivity contribution in [2.75, 3.05) is 18.1 Å². The number of amides is 1. The Balaban J connectivity index is 2.00. The first kappa shape index (κ1) is 14.3. The number of nitrogens with zero attached hydrogens (tertiary/aromatic N) is 2. The molecule has 0 spiro atoms. The smallest absolute Gasteiger partial charge is 0.258 e. The van der Waals surface area contributed by atoms with Crippen LogP contribution in [0.4, 0.5) is 5.69 Å². The van der Waals surface area contributed by atoms with E-state index in [1.165, 1.54) is 0 Å². The van der Waals surface area contributed by atoms with E-state index in [1.54, 1.807) is 35.5 Å². The quantitative estimate of drug-likeness (QED) is 0.778. The number of fused-ring (bicyclic) bond motifs is 1. The average molecular weight is 414 g/mol. The number of hydrogen-bond donors (Lipinski definition) is 1. The van der Waals surface area contributed by atoms with Crippen molar-refractivity contribution in [1.29, 1.82) is 0 Å². The molecule has 108 valence electrons. The fourth-order valence-electron chi connectivity index (χ4n) is 2.13. The molecule has 21 heavy (non-hydrogen) atoms. The van der Waals surface area contributed by atoms with Crippen molar-refractivity contribution in [3.05, 3.63) is 45.1 Å². The number of carbonyl (C=O) groups excluding carboxylic acids is 1. The second-order valence-corrected chi connectivity index (χ2v) is 6.15. The normalized spacial score (nSPS) is 13.5. The maximum Gasteiger partial charge on any atom is 0.258 e. The minimum absolute atomic E-state index is 0.0677. The summed E-state index contributed by atoms with van der Waals surface area (Å²) in [4.78, 5) is 18.3. The molecule has 0 fully saturated rings. The number of phenolic OH excluding ortho intramolecular Hbond substituents is 1. The van der Waals surface area contributed by atoms with E-state index in [1.807, 2.05) is 0 Å². The maximum absolute atomic E-state index is 12.7. The number of pyridine rings is 1. The van der Waals surface area contributed by atoms with E-state index in [9.17, 15) is 9.90 Å². The van der Waals surface area contributed by atoms with E-state index in [4.69, 9.17) is 4.74 Å². The lowest BCUT2D eigenvalue weighted by Gasteiger charge is -2.29. The van der Waals surface area contributed by atoms with Crippen LogP contribution in [0.15, 0.2) is 39.5 Å². The van der Waals surface area contributed by atoms with Gasteiger partial charge in [-0.25, -0.2) is 0 Å². The highest BCUT2D eigenvalue weighted by atomic mass is 79.9. The third-order valence-corrected chi connectivity index (χ3v) is 4.34. The molecule has 0 bridgehead atoms. The number of rotatable bonds is 1. The van der Waals surface area contributed by atoms with Crippen molar-refractivity contribution in [1.82, 2.24) is 4.98 Å². The Bertz CT molecular complexity index is 698. The second-order valence-electron chi connectivity index (χ2n) is 4.44. The van der Waals surface area contributed by atoms with E-state index in [-0.39, 0.29) is 11.7 Å². The van der Waals surface area contributed by atoms with Gasteiger partial charge in [-0.15, -0.1) is 0 Å². The van der Waals surface area contributed by atoms with Gasteiger partial charge in [-0.3, -0.25) is 9.78 Å². The maximum atomic E-state index is 12.7. The highest BCUT2D eigenvalue weighted by Gasteiger charge is 2.25. The molecule has 7 heteroatoms. The van der Waals surface area contributed by atoms with E-state index < -0.39 is 0 Å². The van der Waals surface area contributed by atoms with Crippen molar-refractivity contribution in [3.8, 4) is 11.5 Å². The highest BCUT2D eigenvalue weighted by Crippen LogP contribution is 2.35. The van der Waals surface area contributed by atoms with Crippen LogP contribution in [0.5, 0.6) is 11.5 Å². The number of aromatic hydroxyl groups is 1. The molecule has 1 amide bonds. The van der Waals surface area contributed by atoms with Crippen LogP contribution in [0.3, 0.4) is 0 Å². The summed E-state index contributed by atoms with van der Waals surface area (Å²) in [6, 6.07) is 4.94. The summed E-state index contributed by atoms with van der Waals surface area (Å²) < 4.78 is 6.41. The minimum Gasteiger partial charge on any atom is -0.506 e. The summed E-state index contributed by atoms with van der Waals surface area (Å²) in [7, 11) is 0. The Morgan fingerprint density at radius 1 is 1.33 bits per heavy atom. The molecular formula is C14H10Br2N2O3. The Morgan fingerprint density at radius 3 is 2.76 bits per heavy atom. The zero-order valence-corrected chi connectivity index (χ0v) is 13.9. The van der Waals surface area contributed by atoms with Crippen molar-refractivity contribution in [2.24, 2.45) is 0 Å². The van der Waals surface area contributed by atoms with E-state index in [0.29, 0.717) is 39.1 Å². The fraction of sp³-hybridized carbons (Fsp3) is 0.143. The van der Waals surface area contributed by atoms with Crippen LogP contribution >= 0.6 is 31.9 Å². The molecule has 0 aliphatic carbocycles. The summed E-state index contributed by atoms with van der Waals surface area (Å²) in [5.41, 5.74) is 1.16. The van der Waals surface area contributed by atoms with E-state index >= 15 is 0 Å². The average Bonchev–Trinajstić information content (AvgIpc) is 2.51. The van der Waals surface area contributed by atoms with Crippen molar-refractivity contribution in [2.45, 2.75) is 0 Å². The van der Waals surface area contributed by atoms with Crippen LogP contribution in [0.25, 0.3) is 0 Å². The Morgan fingerprint density at radius 2 is 2.05 bits per heavy atom. The van der Waals surface area contributed by atoms with Crippen LogP contribution in [-0.4, -0.2) is 29.1 Å². The predicted molar refractivity (Wildman–Crippen MR) is 84.9 cm³/mol. The molecule has 5 nitrogen and oxygen atoms in total. The van der Waals surface area contributed by atoms with Gasteiger partial charge in [-0.2, -0.15) is 0 Å². The second kappa shape index (κ2) is 5.65. The van der Waals surface area contributed by atoms with Crippen LogP contribution in [0.2, 0.25) is 0 Å². The SMILES string of the molecule is O=C(c1cc(Br)c(O)c(Br)c1)N1CCOc2cnccc21. The summed E-state index contributed by atoms with van der Waals surface area (Å²) >= 11 is 6.47. The first-order valence-electron chi connectivity index (χ1n) is 6.14. The molecule has 0 unspecified atom stereocenters. The topological polar surface area (TPSA) is 62.7 Å². The predicted octanol–water partition coefficient (Wildman–Crippen LogP) is 3.35. The number of hydrogen-bond acceptors (Lipinski definition) is 4. The Kier molecular flexibility index (Phi) is 3.86. The van der Waals surface area contributed by atoms with Gasteiger partial charge in [0.05, 0.1) is 27.4 Å². The molecule has 1 aliphatic heterocycles. The third kappa shape index (κ3) is 2.63. The van der Waals surface area contributed by atoms with Crippen LogP contribution in [0, 0.1) is 0 Å². The molecule has 1 aromatic heterocycles. The lowest BCUT2D eigenvalue weighted by molar-refractivity contribution is 0.0976. The van der Waals surface area contributed by atoms with Gasteiger partial charge < -0.3 is 14.7 Å². The first-order valence-corrected chi connectivity index (χ1v) is 7.73. The van der Waals surface area contributed by atoms with Crippen LogP contribution in [0.1, 0.15) is 10.4 Å². The van der Waals surface area contributed by atoms with Gasteiger partial charge in [0.2, 0.25) is 0 Å². The summed E-state index contributed by atoms with van der Waals surface area (Å²) in [5.74, 6) is 0.499. The van der Waals surface area contributed by atoms with Crippen molar-refractivity contribution < 1.29 is 14.6 Å². The van der Waals surface area contributed by atoms with Gasteiger partial charge in [-0.1, -0.05) is 0 Å². The Hall–Kier alpha value is -1.60. The molecule has 2 heterocycles. The monoisotopic (exact) mass is 412 g/mol. The number of phenols is 1. The number of aromatic nitrogens is 1. The van der Waals surface area contributed by atoms with Gasteiger partial charge in [0, 0.05) is 11.8 Å². The molecule has 0 saturated heterocycles. The number of halogens is 2. The first-order chi connectivity index (χ1) is 10.1. The molecule has 0 saturated carbocycles. The largest absolute Gasteiger partial charge is 0.506 e. The summed E-state index contributed by atoms with van der Waals surface area (Å²) in [5, 5.41) is 9.73. The molecule has 0 radical (unpaired) electrons. The summed E-state index contributed by atoms with van der Waals surface area (Å²) in [6.45, 7) is 0.886.